The zero-order valence-electron chi connectivity index (χ0n) is 20.5. The van der Waals surface area contributed by atoms with Gasteiger partial charge in [0.25, 0.3) is 0 Å². The molecule has 2 aliphatic heterocycles. The number of allylic oxidation sites excluding steroid dienone is 1. The third-order valence-corrected chi connectivity index (χ3v) is 10.0. The van der Waals surface area contributed by atoms with Crippen LogP contribution < -0.4 is 0 Å². The fourth-order valence-electron chi connectivity index (χ4n) is 5.52. The molecule has 0 saturated carbocycles. The summed E-state index contributed by atoms with van der Waals surface area (Å²) >= 11 is 3.40. The summed E-state index contributed by atoms with van der Waals surface area (Å²) in [5.41, 5.74) is 4.53. The molecule has 0 aliphatic carbocycles. The Morgan fingerprint density at radius 3 is 2.51 bits per heavy atom. The minimum Gasteiger partial charge on any atom is -0.375 e. The predicted octanol–water partition coefficient (Wildman–Crippen LogP) is 5.29. The highest BCUT2D eigenvalue weighted by Gasteiger charge is 2.29. The lowest BCUT2D eigenvalue weighted by atomic mass is 9.91. The third-order valence-electron chi connectivity index (χ3n) is 7.52. The van der Waals surface area contributed by atoms with Gasteiger partial charge in [-0.1, -0.05) is 18.3 Å². The van der Waals surface area contributed by atoms with E-state index in [1.807, 2.05) is 12.3 Å². The molecule has 4 heterocycles. The summed E-state index contributed by atoms with van der Waals surface area (Å²) < 4.78 is 26.3. The van der Waals surface area contributed by atoms with Gasteiger partial charge in [0.2, 0.25) is 0 Å². The van der Waals surface area contributed by atoms with Gasteiger partial charge in [-0.05, 0) is 85.6 Å². The number of hydrogen-bond acceptors (Lipinski definition) is 7. The molecule has 188 valence electrons. The molecule has 0 bridgehead atoms. The van der Waals surface area contributed by atoms with E-state index in [4.69, 9.17) is 4.98 Å². The van der Waals surface area contributed by atoms with Crippen molar-refractivity contribution < 1.29 is 8.42 Å². The first kappa shape index (κ1) is 24.9. The van der Waals surface area contributed by atoms with Crippen LogP contribution in [0, 0.1) is 5.92 Å². The quantitative estimate of drug-likeness (QED) is 0.387. The van der Waals surface area contributed by atoms with Crippen LogP contribution in [0.1, 0.15) is 37.3 Å². The smallest absolute Gasteiger partial charge is 0.175 e. The van der Waals surface area contributed by atoms with E-state index < -0.39 is 9.84 Å². The van der Waals surface area contributed by atoms with Crippen molar-refractivity contribution in [3.05, 3.63) is 52.9 Å². The Labute approximate surface area is 216 Å². The van der Waals surface area contributed by atoms with Crippen LogP contribution in [0.25, 0.3) is 11.0 Å². The predicted molar refractivity (Wildman–Crippen MR) is 146 cm³/mol. The molecule has 0 radical (unpaired) electrons. The lowest BCUT2D eigenvalue weighted by molar-refractivity contribution is 0.154. The number of likely N-dealkylation sites (tertiary alicyclic amines) is 2. The third kappa shape index (κ3) is 5.33. The van der Waals surface area contributed by atoms with E-state index in [2.05, 4.69) is 37.8 Å². The standard InChI is InChI=1S/C26H34N4O2S3/c1-19(21-6-11-28(12-7-21)17-20-10-15-34-18-20)29-13-8-22(9-14-29)30-25-5-4-23(35(3,31)32)16-24(25)27-26(30)33-2/h4-5,10,15-16,18,21-22H,1,6-9,11-14,17H2,2-3H3. The summed E-state index contributed by atoms with van der Waals surface area (Å²) in [5, 5.41) is 5.38. The molecule has 0 unspecified atom stereocenters. The molecule has 2 aromatic heterocycles. The van der Waals surface area contributed by atoms with Crippen molar-refractivity contribution in [2.24, 2.45) is 5.92 Å². The maximum absolute atomic E-state index is 12.0. The van der Waals surface area contributed by atoms with Crippen LogP contribution in [-0.2, 0) is 16.4 Å². The number of imidazole rings is 1. The number of piperidine rings is 2. The molecule has 0 spiro atoms. The molecule has 5 rings (SSSR count). The number of thiophene rings is 1. The monoisotopic (exact) mass is 530 g/mol. The van der Waals surface area contributed by atoms with Gasteiger partial charge >= 0.3 is 0 Å². The molecule has 1 aromatic carbocycles. The first-order valence-electron chi connectivity index (χ1n) is 12.3. The number of fused-ring (bicyclic) bond motifs is 1. The first-order chi connectivity index (χ1) is 16.8. The molecular formula is C26H34N4O2S3. The molecule has 2 saturated heterocycles. The molecular weight excluding hydrogens is 497 g/mol. The SMILES string of the molecule is C=C(C1CCN(Cc2ccsc2)CC1)N1CCC(n2c(SC)nc3cc(S(C)(=O)=O)ccc32)CC1. The summed E-state index contributed by atoms with van der Waals surface area (Å²) in [6.45, 7) is 9.90. The van der Waals surface area contributed by atoms with Gasteiger partial charge in [-0.15, -0.1) is 0 Å². The Balaban J connectivity index is 1.21. The Hall–Kier alpha value is -1.81. The number of hydrogen-bond donors (Lipinski definition) is 0. The normalized spacial score (nSPS) is 19.0. The highest BCUT2D eigenvalue weighted by Crippen LogP contribution is 2.35. The second-order valence-corrected chi connectivity index (χ2v) is 13.4. The fourth-order valence-corrected chi connectivity index (χ4v) is 7.45. The van der Waals surface area contributed by atoms with Crippen molar-refractivity contribution in [1.82, 2.24) is 19.4 Å². The van der Waals surface area contributed by atoms with Crippen LogP contribution in [0.5, 0.6) is 0 Å². The number of benzene rings is 1. The average Bonchev–Trinajstić information content (AvgIpc) is 3.50. The van der Waals surface area contributed by atoms with Crippen LogP contribution in [0.3, 0.4) is 0 Å². The molecule has 0 atom stereocenters. The fraction of sp³-hybridized carbons (Fsp3) is 0.500. The maximum atomic E-state index is 12.0. The van der Waals surface area contributed by atoms with Crippen LogP contribution in [0.4, 0.5) is 0 Å². The second kappa shape index (κ2) is 10.3. The Bertz CT molecular complexity index is 1280. The van der Waals surface area contributed by atoms with Crippen molar-refractivity contribution in [1.29, 1.82) is 0 Å². The minimum atomic E-state index is -3.25. The van der Waals surface area contributed by atoms with Gasteiger partial charge in [0.1, 0.15) is 0 Å². The highest BCUT2D eigenvalue weighted by atomic mass is 32.2. The molecule has 2 fully saturated rings. The maximum Gasteiger partial charge on any atom is 0.175 e. The van der Waals surface area contributed by atoms with Crippen LogP contribution >= 0.6 is 23.1 Å². The van der Waals surface area contributed by atoms with Crippen molar-refractivity contribution >= 4 is 44.0 Å². The van der Waals surface area contributed by atoms with E-state index >= 15 is 0 Å². The Kier molecular flexibility index (Phi) is 7.30. The van der Waals surface area contributed by atoms with Crippen molar-refractivity contribution in [2.75, 3.05) is 38.7 Å². The van der Waals surface area contributed by atoms with E-state index in [-0.39, 0.29) is 0 Å². The van der Waals surface area contributed by atoms with E-state index in [1.54, 1.807) is 35.2 Å². The summed E-state index contributed by atoms with van der Waals surface area (Å²) in [5.74, 6) is 0.579. The van der Waals surface area contributed by atoms with Gasteiger partial charge in [-0.3, -0.25) is 4.90 Å². The number of sulfone groups is 1. The highest BCUT2D eigenvalue weighted by molar-refractivity contribution is 7.98. The molecule has 35 heavy (non-hydrogen) atoms. The number of thioether (sulfide) groups is 1. The number of rotatable bonds is 7. The molecule has 9 heteroatoms. The summed E-state index contributed by atoms with van der Waals surface area (Å²) in [4.78, 5) is 10.2. The van der Waals surface area contributed by atoms with Gasteiger partial charge in [0, 0.05) is 43.5 Å². The van der Waals surface area contributed by atoms with E-state index in [1.165, 1.54) is 30.4 Å². The largest absolute Gasteiger partial charge is 0.375 e. The Morgan fingerprint density at radius 1 is 1.14 bits per heavy atom. The van der Waals surface area contributed by atoms with E-state index in [0.29, 0.717) is 16.9 Å². The lowest BCUT2D eigenvalue weighted by Gasteiger charge is -2.41. The van der Waals surface area contributed by atoms with Gasteiger partial charge in [-0.25, -0.2) is 13.4 Å². The molecule has 3 aromatic rings. The zero-order chi connectivity index (χ0) is 24.6. The van der Waals surface area contributed by atoms with Crippen molar-refractivity contribution in [3.8, 4) is 0 Å². The van der Waals surface area contributed by atoms with Gasteiger partial charge in [-0.2, -0.15) is 11.3 Å². The van der Waals surface area contributed by atoms with Gasteiger partial charge < -0.3 is 9.47 Å². The summed E-state index contributed by atoms with van der Waals surface area (Å²) in [7, 11) is -3.25. The number of nitrogens with zero attached hydrogens (tertiary/aromatic N) is 4. The van der Waals surface area contributed by atoms with E-state index in [0.717, 1.165) is 61.8 Å². The summed E-state index contributed by atoms with van der Waals surface area (Å²) in [6.07, 6.45) is 7.75. The molecule has 2 aliphatic rings. The molecule has 0 amide bonds. The Morgan fingerprint density at radius 2 is 1.89 bits per heavy atom. The topological polar surface area (TPSA) is 58.4 Å². The van der Waals surface area contributed by atoms with Gasteiger partial charge in [0.15, 0.2) is 15.0 Å². The van der Waals surface area contributed by atoms with Gasteiger partial charge in [0.05, 0.1) is 15.9 Å². The average molecular weight is 531 g/mol. The van der Waals surface area contributed by atoms with Crippen LogP contribution in [-0.4, -0.2) is 66.5 Å². The summed E-state index contributed by atoms with van der Waals surface area (Å²) in [6, 6.07) is 7.94. The minimum absolute atomic E-state index is 0.329. The molecule has 0 N–H and O–H groups in total. The zero-order valence-corrected chi connectivity index (χ0v) is 23.0. The molecule has 6 nitrogen and oxygen atoms in total. The number of aromatic nitrogens is 2. The first-order valence-corrected chi connectivity index (χ1v) is 16.3. The van der Waals surface area contributed by atoms with E-state index in [9.17, 15) is 8.42 Å². The lowest BCUT2D eigenvalue weighted by Crippen LogP contribution is -2.40. The van der Waals surface area contributed by atoms with Crippen LogP contribution in [0.2, 0.25) is 0 Å². The second-order valence-electron chi connectivity index (χ2n) is 9.78. The van der Waals surface area contributed by atoms with Crippen molar-refractivity contribution in [2.45, 2.75) is 48.3 Å². The van der Waals surface area contributed by atoms with Crippen LogP contribution in [0.15, 0.2) is 57.4 Å². The van der Waals surface area contributed by atoms with Crippen molar-refractivity contribution in [3.63, 3.8) is 0 Å².